The second-order valence-electron chi connectivity index (χ2n) is 8.38. The van der Waals surface area contributed by atoms with E-state index in [4.69, 9.17) is 10.5 Å². The normalized spacial score (nSPS) is 12.8. The lowest BCUT2D eigenvalue weighted by atomic mass is 10.1. The van der Waals surface area contributed by atoms with Crippen LogP contribution in [0.3, 0.4) is 0 Å². The number of fused-ring (bicyclic) bond motifs is 1. The average Bonchev–Trinajstić information content (AvgIpc) is 3.11. The Morgan fingerprint density at radius 3 is 2.73 bits per heavy atom. The lowest BCUT2D eigenvalue weighted by molar-refractivity contribution is -0.525. The van der Waals surface area contributed by atoms with Crippen LogP contribution in [0, 0.1) is 10.1 Å². The van der Waals surface area contributed by atoms with E-state index in [9.17, 15) is 19.7 Å². The van der Waals surface area contributed by atoms with Crippen LogP contribution >= 0.6 is 0 Å². The predicted molar refractivity (Wildman–Crippen MR) is 124 cm³/mol. The highest BCUT2D eigenvalue weighted by molar-refractivity contribution is 5.86. The minimum atomic E-state index is -0.859. The summed E-state index contributed by atoms with van der Waals surface area (Å²) in [6.07, 6.45) is 2.41. The van der Waals surface area contributed by atoms with E-state index >= 15 is 0 Å². The van der Waals surface area contributed by atoms with Crippen molar-refractivity contribution in [3.05, 3.63) is 46.1 Å². The summed E-state index contributed by atoms with van der Waals surface area (Å²) in [5.74, 6) is -0.694. The third-order valence-corrected chi connectivity index (χ3v) is 4.51. The highest BCUT2D eigenvalue weighted by Crippen LogP contribution is 2.17. The first kappa shape index (κ1) is 25.4. The average molecular weight is 462 g/mol. The van der Waals surface area contributed by atoms with E-state index in [0.29, 0.717) is 19.4 Å². The maximum absolute atomic E-state index is 12.8. The second kappa shape index (κ2) is 11.7. The molecule has 2 amide bonds. The van der Waals surface area contributed by atoms with Crippen LogP contribution in [0.25, 0.3) is 10.9 Å². The fourth-order valence-corrected chi connectivity index (χ4v) is 3.12. The number of carbonyl (C=O) groups excluding carboxylic acids is 2. The van der Waals surface area contributed by atoms with Crippen molar-refractivity contribution in [3.8, 4) is 0 Å². The summed E-state index contributed by atoms with van der Waals surface area (Å²) in [4.78, 5) is 42.3. The van der Waals surface area contributed by atoms with Crippen LogP contribution in [-0.2, 0) is 16.0 Å². The zero-order valence-electron chi connectivity index (χ0n) is 19.0. The van der Waals surface area contributed by atoms with Gasteiger partial charge in [-0.2, -0.15) is 0 Å². The number of nitrogens with zero attached hydrogens (tertiary/aromatic N) is 2. The topological polar surface area (TPSA) is 177 Å². The number of alkyl carbamates (subject to hydrolysis) is 1. The van der Waals surface area contributed by atoms with E-state index in [1.807, 2.05) is 30.5 Å². The van der Waals surface area contributed by atoms with Gasteiger partial charge >= 0.3 is 6.09 Å². The SMILES string of the molecule is CC(C)(C)OC(=O)N[C@@H](CCCN=C(N)N[N+](=O)[O-])C(=O)NCCc1c[nH]c2ccccc12. The molecule has 0 saturated heterocycles. The summed E-state index contributed by atoms with van der Waals surface area (Å²) in [7, 11) is 0. The van der Waals surface area contributed by atoms with Crippen molar-refractivity contribution in [3.63, 3.8) is 0 Å². The third kappa shape index (κ3) is 9.05. The van der Waals surface area contributed by atoms with E-state index in [1.54, 1.807) is 26.2 Å². The number of nitrogens with two attached hydrogens (primary N) is 1. The van der Waals surface area contributed by atoms with Gasteiger partial charge in [0.05, 0.1) is 0 Å². The molecule has 0 fully saturated rings. The van der Waals surface area contributed by atoms with E-state index in [1.165, 1.54) is 0 Å². The summed E-state index contributed by atoms with van der Waals surface area (Å²) < 4.78 is 5.25. The Balaban J connectivity index is 1.93. The molecule has 0 unspecified atom stereocenters. The number of carbonyl (C=O) groups is 2. The number of hydrogen-bond donors (Lipinski definition) is 5. The van der Waals surface area contributed by atoms with Crippen molar-refractivity contribution in [2.24, 2.45) is 10.7 Å². The molecule has 0 spiro atoms. The van der Waals surface area contributed by atoms with Gasteiger partial charge in [-0.05, 0) is 51.7 Å². The number of para-hydroxylation sites is 1. The summed E-state index contributed by atoms with van der Waals surface area (Å²) in [5, 5.41) is 16.1. The molecule has 180 valence electrons. The first-order chi connectivity index (χ1) is 15.5. The van der Waals surface area contributed by atoms with Gasteiger partial charge in [0.15, 0.2) is 5.03 Å². The molecule has 12 heteroatoms. The smallest absolute Gasteiger partial charge is 0.408 e. The predicted octanol–water partition coefficient (Wildman–Crippen LogP) is 1.60. The molecule has 2 aromatic rings. The van der Waals surface area contributed by atoms with Crippen molar-refractivity contribution in [2.45, 2.75) is 51.7 Å². The Morgan fingerprint density at radius 1 is 1.30 bits per heavy atom. The first-order valence-electron chi connectivity index (χ1n) is 10.6. The van der Waals surface area contributed by atoms with Crippen molar-refractivity contribution >= 4 is 28.9 Å². The van der Waals surface area contributed by atoms with Gasteiger partial charge in [0.2, 0.25) is 5.91 Å². The van der Waals surface area contributed by atoms with Crippen molar-refractivity contribution in [1.29, 1.82) is 0 Å². The lowest BCUT2D eigenvalue weighted by Crippen LogP contribution is -2.48. The monoisotopic (exact) mass is 461 g/mol. The van der Waals surface area contributed by atoms with Gasteiger partial charge in [-0.3, -0.25) is 4.79 Å². The third-order valence-electron chi connectivity index (χ3n) is 4.51. The molecule has 0 aliphatic rings. The molecular weight excluding hydrogens is 430 g/mol. The number of hydrazine groups is 1. The maximum Gasteiger partial charge on any atom is 0.408 e. The van der Waals surface area contributed by atoms with Gasteiger partial charge in [0, 0.05) is 30.2 Å². The van der Waals surface area contributed by atoms with Gasteiger partial charge < -0.3 is 26.1 Å². The summed E-state index contributed by atoms with van der Waals surface area (Å²) >= 11 is 0. The molecule has 2 rings (SSSR count). The van der Waals surface area contributed by atoms with Crippen LogP contribution < -0.4 is 21.8 Å². The summed E-state index contributed by atoms with van der Waals surface area (Å²) in [5.41, 5.74) is 8.51. The van der Waals surface area contributed by atoms with Crippen LogP contribution in [0.4, 0.5) is 4.79 Å². The number of aromatic amines is 1. The minimum absolute atomic E-state index is 0.141. The Bertz CT molecular complexity index is 996. The Morgan fingerprint density at radius 2 is 2.03 bits per heavy atom. The number of amides is 2. The molecule has 0 aliphatic carbocycles. The van der Waals surface area contributed by atoms with E-state index in [0.717, 1.165) is 16.5 Å². The van der Waals surface area contributed by atoms with Gasteiger partial charge in [0.25, 0.3) is 5.96 Å². The Hall–Kier alpha value is -3.83. The number of rotatable bonds is 10. The number of guanidine groups is 1. The minimum Gasteiger partial charge on any atom is -0.444 e. The molecular formula is C21H31N7O5. The molecule has 1 aromatic heterocycles. The van der Waals surface area contributed by atoms with Crippen LogP contribution in [0.5, 0.6) is 0 Å². The molecule has 1 aromatic carbocycles. The Kier molecular flexibility index (Phi) is 9.01. The molecule has 1 heterocycles. The van der Waals surface area contributed by atoms with Crippen LogP contribution in [0.2, 0.25) is 0 Å². The van der Waals surface area contributed by atoms with Gasteiger partial charge in [-0.15, -0.1) is 0 Å². The van der Waals surface area contributed by atoms with Crippen LogP contribution in [0.1, 0.15) is 39.2 Å². The van der Waals surface area contributed by atoms with E-state index in [2.05, 4.69) is 20.6 Å². The van der Waals surface area contributed by atoms with Crippen molar-refractivity contribution in [1.82, 2.24) is 21.0 Å². The number of nitrogens with one attached hydrogen (secondary N) is 4. The van der Waals surface area contributed by atoms with E-state index < -0.39 is 22.8 Å². The largest absolute Gasteiger partial charge is 0.444 e. The first-order valence-corrected chi connectivity index (χ1v) is 10.6. The number of ether oxygens (including phenoxy) is 1. The lowest BCUT2D eigenvalue weighted by Gasteiger charge is -2.23. The van der Waals surface area contributed by atoms with Crippen molar-refractivity contribution in [2.75, 3.05) is 13.1 Å². The number of nitro groups is 1. The number of aromatic nitrogens is 1. The quantitative estimate of drug-likeness (QED) is 0.117. The zero-order chi connectivity index (χ0) is 24.4. The molecule has 12 nitrogen and oxygen atoms in total. The zero-order valence-corrected chi connectivity index (χ0v) is 19.0. The second-order valence-corrected chi connectivity index (χ2v) is 8.38. The van der Waals surface area contributed by atoms with Crippen LogP contribution in [-0.4, -0.2) is 52.7 Å². The summed E-state index contributed by atoms with van der Waals surface area (Å²) in [6.45, 7) is 5.70. The van der Waals surface area contributed by atoms with Crippen LogP contribution in [0.15, 0.2) is 35.5 Å². The molecule has 0 radical (unpaired) electrons. The number of H-pyrrole nitrogens is 1. The molecule has 0 bridgehead atoms. The van der Waals surface area contributed by atoms with Gasteiger partial charge in [-0.25, -0.2) is 19.9 Å². The maximum atomic E-state index is 12.8. The fourth-order valence-electron chi connectivity index (χ4n) is 3.12. The van der Waals surface area contributed by atoms with Gasteiger partial charge in [0.1, 0.15) is 11.6 Å². The fraction of sp³-hybridized carbons (Fsp3) is 0.476. The highest BCUT2D eigenvalue weighted by Gasteiger charge is 2.24. The molecule has 1 atom stereocenters. The van der Waals surface area contributed by atoms with Gasteiger partial charge in [-0.1, -0.05) is 23.6 Å². The molecule has 0 aliphatic heterocycles. The summed E-state index contributed by atoms with van der Waals surface area (Å²) in [6, 6.07) is 7.03. The highest BCUT2D eigenvalue weighted by atomic mass is 16.7. The van der Waals surface area contributed by atoms with E-state index in [-0.39, 0.29) is 24.8 Å². The molecule has 0 saturated carbocycles. The number of hydrogen-bond acceptors (Lipinski definition) is 6. The standard InChI is InChI=1S/C21H31N7O5/c1-21(2,3)33-20(30)26-17(9-6-11-24-19(22)27-28(31)32)18(29)23-12-10-14-13-25-16-8-5-4-7-15(14)16/h4-5,7-8,13,17,25H,6,9-12H2,1-3H3,(H,23,29)(H,26,30)(H3,22,24,27)/t17-/m0/s1. The van der Waals surface area contributed by atoms with Crippen molar-refractivity contribution < 1.29 is 19.4 Å². The Labute approximate surface area is 191 Å². The number of benzene rings is 1. The number of aliphatic imine (C=N–C) groups is 1. The molecule has 6 N–H and O–H groups in total. The molecule has 33 heavy (non-hydrogen) atoms.